The number of nitrogens with two attached hydrogens (primary N) is 1. The Kier molecular flexibility index (Phi) is 17.2. The minimum absolute atomic E-state index is 0.000242. The van der Waals surface area contributed by atoms with Crippen LogP contribution in [0.3, 0.4) is 0 Å². The molecule has 3 aliphatic rings. The van der Waals surface area contributed by atoms with Crippen LogP contribution in [0, 0.1) is 5.82 Å². The Labute approximate surface area is 417 Å². The first-order valence-electron chi connectivity index (χ1n) is 22.8. The minimum atomic E-state index is -1.05. The zero-order chi connectivity index (χ0) is 50.9. The summed E-state index contributed by atoms with van der Waals surface area (Å²) in [5.41, 5.74) is 7.57. The summed E-state index contributed by atoms with van der Waals surface area (Å²) >= 11 is 12.4. The van der Waals surface area contributed by atoms with E-state index < -0.39 is 47.5 Å². The second-order valence-electron chi connectivity index (χ2n) is 16.9. The van der Waals surface area contributed by atoms with Gasteiger partial charge in [0, 0.05) is 71.7 Å². The van der Waals surface area contributed by atoms with Crippen LogP contribution in [0.15, 0.2) is 60.7 Å². The molecule has 1 aromatic heterocycles. The van der Waals surface area contributed by atoms with Gasteiger partial charge in [0.15, 0.2) is 17.3 Å². The van der Waals surface area contributed by atoms with E-state index in [0.29, 0.717) is 43.2 Å². The summed E-state index contributed by atoms with van der Waals surface area (Å²) < 4.78 is 36.9. The fraction of sp³-hybridized carbons (Fsp3) is 0.396. The van der Waals surface area contributed by atoms with Crippen LogP contribution in [-0.2, 0) is 28.6 Å². The number of imide groups is 2. The summed E-state index contributed by atoms with van der Waals surface area (Å²) in [6.07, 6.45) is -0.604. The average molecular weight is 1020 g/mol. The highest BCUT2D eigenvalue weighted by Gasteiger charge is 2.45. The molecule has 2 saturated heterocycles. The molecule has 20 nitrogen and oxygen atoms in total. The van der Waals surface area contributed by atoms with Gasteiger partial charge in [-0.3, -0.25) is 43.8 Å². The van der Waals surface area contributed by atoms with E-state index in [1.54, 1.807) is 53.1 Å². The summed E-state index contributed by atoms with van der Waals surface area (Å²) in [5.74, 6) is -4.05. The first-order chi connectivity index (χ1) is 34.0. The Morgan fingerprint density at radius 3 is 2.25 bits per heavy atom. The van der Waals surface area contributed by atoms with Gasteiger partial charge in [0.25, 0.3) is 23.6 Å². The Morgan fingerprint density at radius 2 is 1.56 bits per heavy atom. The Balaban J connectivity index is 0.764. The van der Waals surface area contributed by atoms with Crippen LogP contribution in [0.2, 0.25) is 10.0 Å². The highest BCUT2D eigenvalue weighted by molar-refractivity contribution is 6.36. The van der Waals surface area contributed by atoms with Crippen LogP contribution < -0.4 is 26.4 Å². The lowest BCUT2D eigenvalue weighted by Gasteiger charge is -2.44. The number of anilines is 3. The van der Waals surface area contributed by atoms with E-state index in [0.717, 1.165) is 11.0 Å². The lowest BCUT2D eigenvalue weighted by molar-refractivity contribution is -0.140. The number of ether oxygens (including phenoxy) is 4. The van der Waals surface area contributed by atoms with Crippen molar-refractivity contribution in [1.82, 2.24) is 30.2 Å². The van der Waals surface area contributed by atoms with Gasteiger partial charge in [-0.25, -0.2) is 4.39 Å². The number of rotatable bonds is 20. The predicted molar refractivity (Wildman–Crippen MR) is 257 cm³/mol. The lowest BCUT2D eigenvalue weighted by Crippen LogP contribution is -2.59. The van der Waals surface area contributed by atoms with Crippen LogP contribution in [0.25, 0.3) is 0 Å². The molecule has 4 heterocycles. The van der Waals surface area contributed by atoms with E-state index in [4.69, 9.17) is 47.9 Å². The summed E-state index contributed by atoms with van der Waals surface area (Å²) in [6, 6.07) is 13.4. The molecule has 0 saturated carbocycles. The largest absolute Gasteiger partial charge is 0.482 e. The van der Waals surface area contributed by atoms with Crippen LogP contribution in [0.4, 0.5) is 21.6 Å². The van der Waals surface area contributed by atoms with Gasteiger partial charge >= 0.3 is 0 Å². The zero-order valence-electron chi connectivity index (χ0n) is 39.0. The number of aromatic nitrogens is 2. The zero-order valence-corrected chi connectivity index (χ0v) is 40.5. The molecule has 2 fully saturated rings. The van der Waals surface area contributed by atoms with Crippen molar-refractivity contribution in [3.05, 3.63) is 104 Å². The van der Waals surface area contributed by atoms with Crippen molar-refractivity contribution >= 4 is 81.7 Å². The van der Waals surface area contributed by atoms with E-state index in [-0.39, 0.29) is 120 Å². The highest BCUT2D eigenvalue weighted by atomic mass is 35.5. The topological polar surface area (TPSA) is 254 Å². The molecule has 3 aromatic carbocycles. The monoisotopic (exact) mass is 1020 g/mol. The second kappa shape index (κ2) is 23.4. The number of benzene rings is 3. The number of carbonyl (C=O) groups excluding carboxylic acids is 7. The molecule has 4 atom stereocenters. The molecule has 4 aromatic rings. The summed E-state index contributed by atoms with van der Waals surface area (Å²) in [5, 5.41) is 15.7. The van der Waals surface area contributed by atoms with Gasteiger partial charge in [0.05, 0.1) is 62.2 Å². The van der Waals surface area contributed by atoms with Crippen molar-refractivity contribution in [2.45, 2.75) is 64.3 Å². The van der Waals surface area contributed by atoms with Gasteiger partial charge in [-0.2, -0.15) is 0 Å². The maximum atomic E-state index is 14.1. The van der Waals surface area contributed by atoms with Gasteiger partial charge in [0.2, 0.25) is 17.7 Å². The van der Waals surface area contributed by atoms with E-state index in [2.05, 4.69) is 26.1 Å². The quantitative estimate of drug-likeness (QED) is 0.0521. The van der Waals surface area contributed by atoms with Crippen LogP contribution in [0.1, 0.15) is 93.3 Å². The number of nitrogens with zero attached hydrogens (tertiary/aromatic N) is 5. The van der Waals surface area contributed by atoms with E-state index in [1.807, 2.05) is 13.8 Å². The standard InChI is InChI=1S/C48H52Cl2FN9O11/c1-26-24-58(46(65)29-7-9-30(10-8-29)54-44(63)35-23-37(43(52)57-56-35)71-28(3)40-32(49)11-12-33(51)42(40)50)25-27(2)59(26)39(62)15-17-68-19-21-70-22-20-69-18-16-53-34-6-4-5-31-41(34)48(67)60(47(31)66)36-13-14-38(61)55-45(36)64/h4-12,23,26-28,36,53H,13-22,24-25H2,1-3H3,(H2,52,57)(H,54,63)(H,55,61,64)/t26-,27+,28?,36?. The van der Waals surface area contributed by atoms with E-state index >= 15 is 0 Å². The SMILES string of the molecule is CC(Oc1cc(C(=O)Nc2ccc(C(=O)N3C[C@@H](C)N(C(=O)CCOCCOCCOCCNc4cccc5c4C(=O)N(C4CCC(=O)NC4=O)C5=O)[C@@H](C)C3)cc2)nnc1N)c1c(Cl)ccc(F)c1Cl. The average Bonchev–Trinajstić information content (AvgIpc) is 3.59. The summed E-state index contributed by atoms with van der Waals surface area (Å²) in [4.78, 5) is 94.6. The maximum absolute atomic E-state index is 14.1. The van der Waals surface area contributed by atoms with Crippen LogP contribution in [0.5, 0.6) is 5.75 Å². The number of halogens is 3. The van der Waals surface area contributed by atoms with Crippen molar-refractivity contribution in [2.24, 2.45) is 0 Å². The number of carbonyl (C=O) groups is 7. The summed E-state index contributed by atoms with van der Waals surface area (Å²) in [7, 11) is 0. The number of nitrogens with one attached hydrogen (secondary N) is 3. The van der Waals surface area contributed by atoms with Crippen LogP contribution in [-0.4, -0.2) is 144 Å². The normalized spacial score (nSPS) is 18.3. The van der Waals surface area contributed by atoms with Gasteiger partial charge in [-0.05, 0) is 75.7 Å². The third-order valence-corrected chi connectivity index (χ3v) is 12.6. The molecule has 376 valence electrons. The Morgan fingerprint density at radius 1 is 0.887 bits per heavy atom. The van der Waals surface area contributed by atoms with E-state index in [1.165, 1.54) is 18.2 Å². The second-order valence-corrected chi connectivity index (χ2v) is 17.7. The van der Waals surface area contributed by atoms with Crippen molar-refractivity contribution in [3.8, 4) is 5.75 Å². The van der Waals surface area contributed by atoms with Crippen molar-refractivity contribution in [3.63, 3.8) is 0 Å². The fourth-order valence-electron chi connectivity index (χ4n) is 8.56. The third-order valence-electron chi connectivity index (χ3n) is 11.9. The first kappa shape index (κ1) is 52.1. The van der Waals surface area contributed by atoms with Gasteiger partial charge < -0.3 is 45.1 Å². The van der Waals surface area contributed by atoms with Gasteiger partial charge in [0.1, 0.15) is 18.0 Å². The molecule has 5 N–H and O–H groups in total. The molecule has 2 unspecified atom stereocenters. The lowest BCUT2D eigenvalue weighted by atomic mass is 10.0. The van der Waals surface area contributed by atoms with Crippen molar-refractivity contribution in [1.29, 1.82) is 0 Å². The highest BCUT2D eigenvalue weighted by Crippen LogP contribution is 2.36. The summed E-state index contributed by atoms with van der Waals surface area (Å²) in [6.45, 7) is 7.91. The number of piperazine rings is 1. The molecule has 0 bridgehead atoms. The van der Waals surface area contributed by atoms with Crippen LogP contribution >= 0.6 is 23.2 Å². The number of hydrogen-bond donors (Lipinski definition) is 4. The number of fused-ring (bicyclic) bond motifs is 1. The minimum Gasteiger partial charge on any atom is -0.482 e. The molecular weight excluding hydrogens is 968 g/mol. The van der Waals surface area contributed by atoms with E-state index in [9.17, 15) is 38.0 Å². The van der Waals surface area contributed by atoms with Gasteiger partial charge in [-0.1, -0.05) is 29.3 Å². The number of hydrogen-bond acceptors (Lipinski definition) is 15. The van der Waals surface area contributed by atoms with Crippen molar-refractivity contribution in [2.75, 3.05) is 75.6 Å². The van der Waals surface area contributed by atoms with Crippen molar-refractivity contribution < 1.29 is 56.9 Å². The smallest absolute Gasteiger partial charge is 0.276 e. The molecular formula is C48H52Cl2FN9O11. The number of amides is 7. The molecule has 0 spiro atoms. The molecule has 7 rings (SSSR count). The molecule has 23 heteroatoms. The maximum Gasteiger partial charge on any atom is 0.276 e. The molecule has 0 radical (unpaired) electrons. The van der Waals surface area contributed by atoms with Gasteiger partial charge in [-0.15, -0.1) is 10.2 Å². The number of piperidine rings is 1. The third kappa shape index (κ3) is 12.2. The predicted octanol–water partition coefficient (Wildman–Crippen LogP) is 4.91. The number of nitrogen functional groups attached to an aromatic ring is 1. The first-order valence-corrected chi connectivity index (χ1v) is 23.6. The molecule has 0 aliphatic carbocycles. The molecule has 7 amide bonds. The Hall–Kier alpha value is -6.78. The fourth-order valence-corrected chi connectivity index (χ4v) is 9.24. The Bertz CT molecular complexity index is 2690. The molecule has 3 aliphatic heterocycles. The molecule has 71 heavy (non-hydrogen) atoms.